The van der Waals surface area contributed by atoms with Crippen LogP contribution in [-0.2, 0) is 0 Å². The highest BCUT2D eigenvalue weighted by Crippen LogP contribution is 2.32. The molecule has 0 atom stereocenters. The molecule has 1 aromatic carbocycles. The molecular weight excluding hydrogens is 430 g/mol. The Balaban J connectivity index is 2.24. The molecule has 0 saturated heterocycles. The zero-order chi connectivity index (χ0) is 19.6. The number of nitrogens with zero attached hydrogens (tertiary/aromatic N) is 2. The van der Waals surface area contributed by atoms with Crippen molar-refractivity contribution < 1.29 is 14.5 Å². The quantitative estimate of drug-likeness (QED) is 0.403. The molecule has 8 nitrogen and oxygen atoms in total. The van der Waals surface area contributed by atoms with Crippen LogP contribution < -0.4 is 10.6 Å². The van der Waals surface area contributed by atoms with Crippen molar-refractivity contribution in [1.82, 2.24) is 10.3 Å². The number of anilines is 1. The minimum Gasteiger partial charge on any atom is -0.308 e. The molecule has 2 rings (SSSR count). The molecule has 136 valence electrons. The van der Waals surface area contributed by atoms with E-state index in [-0.39, 0.29) is 32.0 Å². The van der Waals surface area contributed by atoms with Gasteiger partial charge in [0.05, 0.1) is 20.5 Å². The number of benzene rings is 1. The second kappa shape index (κ2) is 8.05. The molecule has 0 unspecified atom stereocenters. The van der Waals surface area contributed by atoms with Crippen LogP contribution in [0.3, 0.4) is 0 Å². The third kappa shape index (κ3) is 4.34. The lowest BCUT2D eigenvalue weighted by Crippen LogP contribution is -2.35. The summed E-state index contributed by atoms with van der Waals surface area (Å²) >= 11 is 23.1. The average Bonchev–Trinajstić information content (AvgIpc) is 2.49. The fourth-order valence-electron chi connectivity index (χ4n) is 2.00. The molecule has 0 spiro atoms. The van der Waals surface area contributed by atoms with Gasteiger partial charge in [0.2, 0.25) is 5.15 Å². The number of halogens is 4. The molecule has 2 aromatic rings. The molecule has 2 N–H and O–H groups in total. The van der Waals surface area contributed by atoms with Gasteiger partial charge in [0, 0.05) is 11.3 Å². The maximum atomic E-state index is 12.3. The third-order valence-corrected chi connectivity index (χ3v) is 4.42. The van der Waals surface area contributed by atoms with Crippen molar-refractivity contribution in [3.05, 3.63) is 59.8 Å². The molecule has 1 aromatic heterocycles. The molecule has 0 bridgehead atoms. The number of amides is 3. The number of rotatable bonds is 3. The number of hydrogen-bond acceptors (Lipinski definition) is 5. The van der Waals surface area contributed by atoms with E-state index in [9.17, 15) is 19.7 Å². The van der Waals surface area contributed by atoms with Crippen LogP contribution in [0.4, 0.5) is 16.2 Å². The summed E-state index contributed by atoms with van der Waals surface area (Å²) in [4.78, 5) is 38.1. The summed E-state index contributed by atoms with van der Waals surface area (Å²) in [5.74, 6) is -0.989. The Morgan fingerprint density at radius 2 is 1.77 bits per heavy atom. The maximum absolute atomic E-state index is 12.3. The lowest BCUT2D eigenvalue weighted by molar-refractivity contribution is -0.385. The van der Waals surface area contributed by atoms with Gasteiger partial charge in [-0.1, -0.05) is 46.4 Å². The first-order valence-corrected chi connectivity index (χ1v) is 8.20. The van der Waals surface area contributed by atoms with E-state index in [0.717, 1.165) is 0 Å². The molecular formula is C14H8Cl4N4O4. The number of nitrogens with one attached hydrogen (secondary N) is 2. The topological polar surface area (TPSA) is 114 Å². The van der Waals surface area contributed by atoms with Gasteiger partial charge in [0.1, 0.15) is 5.15 Å². The van der Waals surface area contributed by atoms with Crippen molar-refractivity contribution in [3.63, 3.8) is 0 Å². The number of urea groups is 1. The molecule has 0 aliphatic rings. The first-order valence-electron chi connectivity index (χ1n) is 6.69. The Hall–Kier alpha value is -2.13. The molecule has 26 heavy (non-hydrogen) atoms. The lowest BCUT2D eigenvalue weighted by Gasteiger charge is -2.10. The highest BCUT2D eigenvalue weighted by molar-refractivity contribution is 6.42. The molecule has 1 heterocycles. The average molecular weight is 438 g/mol. The summed E-state index contributed by atoms with van der Waals surface area (Å²) < 4.78 is 0. The van der Waals surface area contributed by atoms with Gasteiger partial charge in [0.15, 0.2) is 0 Å². The predicted octanol–water partition coefficient (Wildman–Crippen LogP) is 4.87. The van der Waals surface area contributed by atoms with E-state index in [4.69, 9.17) is 46.4 Å². The van der Waals surface area contributed by atoms with Crippen LogP contribution in [0.15, 0.2) is 18.2 Å². The Bertz CT molecular complexity index is 936. The van der Waals surface area contributed by atoms with Crippen molar-refractivity contribution in [3.8, 4) is 0 Å². The third-order valence-electron chi connectivity index (χ3n) is 3.14. The van der Waals surface area contributed by atoms with Gasteiger partial charge in [0.25, 0.3) is 5.91 Å². The van der Waals surface area contributed by atoms with Crippen LogP contribution in [0.1, 0.15) is 15.9 Å². The van der Waals surface area contributed by atoms with Gasteiger partial charge in [-0.15, -0.1) is 0 Å². The number of hydrogen-bond donors (Lipinski definition) is 2. The number of carbonyl (C=O) groups is 2. The van der Waals surface area contributed by atoms with Crippen molar-refractivity contribution in [2.75, 3.05) is 5.32 Å². The van der Waals surface area contributed by atoms with Crippen molar-refractivity contribution >= 4 is 69.7 Å². The van der Waals surface area contributed by atoms with Gasteiger partial charge in [-0.3, -0.25) is 20.2 Å². The van der Waals surface area contributed by atoms with Crippen LogP contribution in [-0.4, -0.2) is 21.8 Å². The Morgan fingerprint density at radius 1 is 1.12 bits per heavy atom. The van der Waals surface area contributed by atoms with Gasteiger partial charge in [-0.05, 0) is 25.1 Å². The van der Waals surface area contributed by atoms with E-state index < -0.39 is 27.7 Å². The van der Waals surface area contributed by atoms with Gasteiger partial charge < -0.3 is 5.32 Å². The minimum atomic E-state index is -0.989. The monoisotopic (exact) mass is 436 g/mol. The van der Waals surface area contributed by atoms with Crippen LogP contribution >= 0.6 is 46.4 Å². The second-order valence-corrected chi connectivity index (χ2v) is 6.37. The van der Waals surface area contributed by atoms with Crippen LogP contribution in [0.2, 0.25) is 20.4 Å². The second-order valence-electron chi connectivity index (χ2n) is 4.84. The molecule has 3 amide bonds. The minimum absolute atomic E-state index is 0.125. The molecule has 0 fully saturated rings. The fourth-order valence-corrected chi connectivity index (χ4v) is 2.95. The first-order chi connectivity index (χ1) is 12.1. The van der Waals surface area contributed by atoms with Crippen LogP contribution in [0, 0.1) is 17.0 Å². The summed E-state index contributed by atoms with van der Waals surface area (Å²) in [6.07, 6.45) is 0. The van der Waals surface area contributed by atoms with Gasteiger partial charge in [-0.25, -0.2) is 9.78 Å². The number of aromatic nitrogens is 1. The molecule has 0 saturated carbocycles. The summed E-state index contributed by atoms with van der Waals surface area (Å²) in [7, 11) is 0. The number of carbonyl (C=O) groups excluding carboxylic acids is 2. The molecule has 0 radical (unpaired) electrons. The summed E-state index contributed by atoms with van der Waals surface area (Å²) in [5, 5.41) is 15.1. The largest absolute Gasteiger partial charge is 0.326 e. The summed E-state index contributed by atoms with van der Waals surface area (Å²) in [5.41, 5.74) is -0.772. The Morgan fingerprint density at radius 3 is 2.35 bits per heavy atom. The van der Waals surface area contributed by atoms with Crippen molar-refractivity contribution in [2.24, 2.45) is 0 Å². The highest BCUT2D eigenvalue weighted by Gasteiger charge is 2.28. The molecule has 0 aliphatic heterocycles. The lowest BCUT2D eigenvalue weighted by atomic mass is 10.1. The van der Waals surface area contributed by atoms with Gasteiger partial charge >= 0.3 is 11.7 Å². The summed E-state index contributed by atoms with van der Waals surface area (Å²) in [6, 6.07) is 3.38. The maximum Gasteiger partial charge on any atom is 0.326 e. The zero-order valence-electron chi connectivity index (χ0n) is 12.8. The van der Waals surface area contributed by atoms with E-state index >= 15 is 0 Å². The molecule has 0 aliphatic carbocycles. The normalized spacial score (nSPS) is 10.3. The van der Waals surface area contributed by atoms with Crippen LogP contribution in [0.5, 0.6) is 0 Å². The fraction of sp³-hybridized carbons (Fsp3) is 0.0714. The summed E-state index contributed by atoms with van der Waals surface area (Å²) in [6.45, 7) is 1.27. The smallest absolute Gasteiger partial charge is 0.308 e. The van der Waals surface area contributed by atoms with Crippen molar-refractivity contribution in [1.29, 1.82) is 0 Å². The van der Waals surface area contributed by atoms with E-state index in [0.29, 0.717) is 0 Å². The Kier molecular flexibility index (Phi) is 6.25. The van der Waals surface area contributed by atoms with E-state index in [1.807, 2.05) is 5.32 Å². The first kappa shape index (κ1) is 20.2. The van der Waals surface area contributed by atoms with E-state index in [1.165, 1.54) is 25.1 Å². The Labute approximate surface area is 166 Å². The van der Waals surface area contributed by atoms with E-state index in [1.54, 1.807) is 0 Å². The molecule has 12 heteroatoms. The highest BCUT2D eigenvalue weighted by atomic mass is 35.5. The standard InChI is InChI=1S/C14H8Cl4N4O4/c1-5-9(11(17)20-12(18)10(5)22(25)26)13(23)21-14(24)19-6-2-3-7(15)8(16)4-6/h2-4H,1H3,(H2,19,21,23,24). The number of imide groups is 1. The van der Waals surface area contributed by atoms with Gasteiger partial charge in [-0.2, -0.15) is 0 Å². The van der Waals surface area contributed by atoms with Crippen LogP contribution in [0.25, 0.3) is 0 Å². The SMILES string of the molecule is Cc1c(C(=O)NC(=O)Nc2ccc(Cl)c(Cl)c2)c(Cl)nc(Cl)c1[N+](=O)[O-]. The number of nitro groups is 1. The van der Waals surface area contributed by atoms with Crippen molar-refractivity contribution in [2.45, 2.75) is 6.92 Å². The number of pyridine rings is 1. The predicted molar refractivity (Wildman–Crippen MR) is 98.6 cm³/mol. The zero-order valence-corrected chi connectivity index (χ0v) is 15.8. The van der Waals surface area contributed by atoms with E-state index in [2.05, 4.69) is 10.3 Å².